The van der Waals surface area contributed by atoms with Gasteiger partial charge in [0.1, 0.15) is 0 Å². The minimum absolute atomic E-state index is 0.0901. The number of ether oxygens (including phenoxy) is 1. The van der Waals surface area contributed by atoms with E-state index < -0.39 is 0 Å². The monoisotopic (exact) mass is 158 g/mol. The van der Waals surface area contributed by atoms with E-state index in [0.717, 1.165) is 19.3 Å². The van der Waals surface area contributed by atoms with Gasteiger partial charge in [-0.3, -0.25) is 4.79 Å². The number of hydrogen-bond acceptors (Lipinski definition) is 3. The molecule has 1 rings (SSSR count). The van der Waals surface area contributed by atoms with Gasteiger partial charge in [-0.05, 0) is 25.2 Å². The molecule has 0 aliphatic heterocycles. The van der Waals surface area contributed by atoms with Gasteiger partial charge in [0.05, 0.1) is 13.2 Å². The number of esters is 1. The summed E-state index contributed by atoms with van der Waals surface area (Å²) in [6.07, 6.45) is 3.11. The Balaban J connectivity index is 1.92. The average Bonchev–Trinajstić information content (AvgIpc) is 2.66. The highest BCUT2D eigenvalue weighted by Gasteiger charge is 2.34. The summed E-state index contributed by atoms with van der Waals surface area (Å²) in [5, 5.41) is 8.93. The molecule has 0 heterocycles. The van der Waals surface area contributed by atoms with Gasteiger partial charge in [0.15, 0.2) is 0 Å². The van der Waals surface area contributed by atoms with Gasteiger partial charge in [-0.15, -0.1) is 0 Å². The lowest BCUT2D eigenvalue weighted by atomic mass is 10.2. The van der Waals surface area contributed by atoms with E-state index in [1.807, 2.05) is 0 Å². The number of carbonyl (C=O) groups excluding carboxylic acids is 1. The Morgan fingerprint density at radius 2 is 2.36 bits per heavy atom. The Labute approximate surface area is 66.4 Å². The van der Waals surface area contributed by atoms with Crippen molar-refractivity contribution in [3.63, 3.8) is 0 Å². The van der Waals surface area contributed by atoms with Crippen LogP contribution < -0.4 is 0 Å². The van der Waals surface area contributed by atoms with Crippen molar-refractivity contribution in [1.82, 2.24) is 0 Å². The molecule has 1 N–H and O–H groups in total. The highest BCUT2D eigenvalue weighted by atomic mass is 16.5. The van der Waals surface area contributed by atoms with Crippen LogP contribution in [-0.4, -0.2) is 24.3 Å². The molecule has 11 heavy (non-hydrogen) atoms. The molecule has 64 valence electrons. The van der Waals surface area contributed by atoms with Crippen molar-refractivity contribution >= 4 is 5.97 Å². The normalized spacial score (nSPS) is 28.2. The van der Waals surface area contributed by atoms with Crippen LogP contribution in [0.25, 0.3) is 0 Å². The maximum absolute atomic E-state index is 10.6. The molecular weight excluding hydrogens is 144 g/mol. The second kappa shape index (κ2) is 3.72. The highest BCUT2D eigenvalue weighted by Crippen LogP contribution is 2.34. The predicted octanol–water partition coefficient (Wildman–Crippen LogP) is 0.710. The Morgan fingerprint density at radius 3 is 2.82 bits per heavy atom. The second-order valence-corrected chi connectivity index (χ2v) is 3.03. The number of aliphatic hydroxyl groups is 1. The minimum Gasteiger partial charge on any atom is -0.469 e. The maximum atomic E-state index is 10.6. The van der Waals surface area contributed by atoms with Crippen LogP contribution in [0.5, 0.6) is 0 Å². The third kappa shape index (κ3) is 2.89. The van der Waals surface area contributed by atoms with Crippen LogP contribution in [0.1, 0.15) is 25.7 Å². The first kappa shape index (κ1) is 8.53. The van der Waals surface area contributed by atoms with Crippen LogP contribution in [-0.2, 0) is 9.53 Å². The lowest BCUT2D eigenvalue weighted by molar-refractivity contribution is -0.140. The van der Waals surface area contributed by atoms with Gasteiger partial charge in [-0.1, -0.05) is 0 Å². The average molecular weight is 158 g/mol. The van der Waals surface area contributed by atoms with Crippen LogP contribution >= 0.6 is 0 Å². The lowest BCUT2D eigenvalue weighted by Crippen LogP contribution is -1.99. The summed E-state index contributed by atoms with van der Waals surface area (Å²) in [6, 6.07) is 0. The van der Waals surface area contributed by atoms with Crippen molar-refractivity contribution in [1.29, 1.82) is 0 Å². The lowest BCUT2D eigenvalue weighted by Gasteiger charge is -1.97. The van der Waals surface area contributed by atoms with Crippen molar-refractivity contribution in [2.75, 3.05) is 7.11 Å². The molecule has 1 saturated carbocycles. The molecule has 3 heteroatoms. The molecule has 0 aromatic heterocycles. The van der Waals surface area contributed by atoms with Crippen LogP contribution in [0.2, 0.25) is 0 Å². The van der Waals surface area contributed by atoms with E-state index in [2.05, 4.69) is 4.74 Å². The fourth-order valence-corrected chi connectivity index (χ4v) is 1.15. The van der Waals surface area contributed by atoms with Crippen molar-refractivity contribution in [2.24, 2.45) is 5.92 Å². The molecular formula is C8H14O3. The number of hydrogen-bond donors (Lipinski definition) is 1. The molecule has 0 radical (unpaired) electrons. The fraction of sp³-hybridized carbons (Fsp3) is 0.875. The molecule has 0 saturated heterocycles. The largest absolute Gasteiger partial charge is 0.469 e. The third-order valence-electron chi connectivity index (χ3n) is 2.07. The standard InChI is InChI=1S/C8H14O3/c1-11-8(10)4-2-3-6-5-7(6)9/h6-7,9H,2-5H2,1H3. The SMILES string of the molecule is COC(=O)CCCC1CC1O. The predicted molar refractivity (Wildman–Crippen MR) is 40.0 cm³/mol. The minimum atomic E-state index is -0.153. The van der Waals surface area contributed by atoms with E-state index in [1.165, 1.54) is 7.11 Å². The quantitative estimate of drug-likeness (QED) is 0.613. The second-order valence-electron chi connectivity index (χ2n) is 3.03. The Hall–Kier alpha value is -0.570. The zero-order valence-electron chi connectivity index (χ0n) is 6.75. The van der Waals surface area contributed by atoms with Gasteiger partial charge in [0.2, 0.25) is 0 Å². The summed E-state index contributed by atoms with van der Waals surface area (Å²) < 4.78 is 4.48. The first-order valence-electron chi connectivity index (χ1n) is 3.99. The first-order chi connectivity index (χ1) is 5.24. The maximum Gasteiger partial charge on any atom is 0.305 e. The summed E-state index contributed by atoms with van der Waals surface area (Å²) in [7, 11) is 1.40. The Morgan fingerprint density at radius 1 is 1.73 bits per heavy atom. The van der Waals surface area contributed by atoms with Gasteiger partial charge in [0, 0.05) is 6.42 Å². The number of carbonyl (C=O) groups is 1. The Kier molecular flexibility index (Phi) is 2.88. The number of aliphatic hydroxyl groups excluding tert-OH is 1. The summed E-state index contributed by atoms with van der Waals surface area (Å²) >= 11 is 0. The highest BCUT2D eigenvalue weighted by molar-refractivity contribution is 5.68. The number of rotatable bonds is 4. The summed E-state index contributed by atoms with van der Waals surface area (Å²) in [5.74, 6) is 0.305. The molecule has 1 aliphatic rings. The smallest absolute Gasteiger partial charge is 0.305 e. The van der Waals surface area contributed by atoms with Gasteiger partial charge in [-0.25, -0.2) is 0 Å². The van der Waals surface area contributed by atoms with E-state index in [4.69, 9.17) is 5.11 Å². The van der Waals surface area contributed by atoms with Crippen molar-refractivity contribution in [3.8, 4) is 0 Å². The number of methoxy groups -OCH3 is 1. The van der Waals surface area contributed by atoms with Crippen molar-refractivity contribution in [2.45, 2.75) is 31.8 Å². The van der Waals surface area contributed by atoms with Gasteiger partial charge in [-0.2, -0.15) is 0 Å². The van der Waals surface area contributed by atoms with E-state index in [0.29, 0.717) is 12.3 Å². The van der Waals surface area contributed by atoms with Crippen LogP contribution in [0, 0.1) is 5.92 Å². The van der Waals surface area contributed by atoms with Crippen LogP contribution in [0.4, 0.5) is 0 Å². The first-order valence-corrected chi connectivity index (χ1v) is 3.99. The zero-order valence-corrected chi connectivity index (χ0v) is 6.75. The third-order valence-corrected chi connectivity index (χ3v) is 2.07. The topological polar surface area (TPSA) is 46.5 Å². The van der Waals surface area contributed by atoms with E-state index in [-0.39, 0.29) is 12.1 Å². The van der Waals surface area contributed by atoms with E-state index in [1.54, 1.807) is 0 Å². The van der Waals surface area contributed by atoms with Crippen molar-refractivity contribution < 1.29 is 14.6 Å². The van der Waals surface area contributed by atoms with Gasteiger partial charge < -0.3 is 9.84 Å². The molecule has 0 spiro atoms. The zero-order chi connectivity index (χ0) is 8.27. The molecule has 2 atom stereocenters. The van der Waals surface area contributed by atoms with Crippen LogP contribution in [0.15, 0.2) is 0 Å². The van der Waals surface area contributed by atoms with Crippen molar-refractivity contribution in [3.05, 3.63) is 0 Å². The van der Waals surface area contributed by atoms with Crippen LogP contribution in [0.3, 0.4) is 0 Å². The van der Waals surface area contributed by atoms with E-state index in [9.17, 15) is 4.79 Å². The molecule has 0 amide bonds. The molecule has 0 bridgehead atoms. The fourth-order valence-electron chi connectivity index (χ4n) is 1.15. The van der Waals surface area contributed by atoms with Gasteiger partial charge >= 0.3 is 5.97 Å². The molecule has 2 unspecified atom stereocenters. The molecule has 1 fully saturated rings. The molecule has 0 aromatic rings. The van der Waals surface area contributed by atoms with Gasteiger partial charge in [0.25, 0.3) is 0 Å². The molecule has 0 aromatic carbocycles. The summed E-state index contributed by atoms with van der Waals surface area (Å²) in [5.41, 5.74) is 0. The van der Waals surface area contributed by atoms with E-state index >= 15 is 0 Å². The Bertz CT molecular complexity index is 144. The summed E-state index contributed by atoms with van der Waals surface area (Å²) in [4.78, 5) is 10.6. The summed E-state index contributed by atoms with van der Waals surface area (Å²) in [6.45, 7) is 0. The molecule has 1 aliphatic carbocycles. The molecule has 3 nitrogen and oxygen atoms in total.